The molecule has 138 valence electrons. The Balaban J connectivity index is 1.53. The van der Waals surface area contributed by atoms with Crippen LogP contribution in [0.1, 0.15) is 24.2 Å². The summed E-state index contributed by atoms with van der Waals surface area (Å²) in [5, 5.41) is 0. The van der Waals surface area contributed by atoms with Crippen molar-refractivity contribution >= 4 is 5.91 Å². The van der Waals surface area contributed by atoms with Crippen molar-refractivity contribution in [2.24, 2.45) is 0 Å². The first-order chi connectivity index (χ1) is 12.7. The largest absolute Gasteiger partial charge is 0.494 e. The fourth-order valence-electron chi connectivity index (χ4n) is 2.89. The molecular formula is C21H25NO4. The van der Waals surface area contributed by atoms with Gasteiger partial charge in [-0.25, -0.2) is 0 Å². The predicted octanol–water partition coefficient (Wildman–Crippen LogP) is 3.37. The van der Waals surface area contributed by atoms with Gasteiger partial charge in [0, 0.05) is 6.54 Å². The summed E-state index contributed by atoms with van der Waals surface area (Å²) >= 11 is 0. The van der Waals surface area contributed by atoms with Gasteiger partial charge in [0.15, 0.2) is 6.61 Å². The molecule has 1 aliphatic rings. The van der Waals surface area contributed by atoms with Crippen molar-refractivity contribution in [3.63, 3.8) is 0 Å². The number of carbonyl (C=O) groups is 1. The average molecular weight is 355 g/mol. The van der Waals surface area contributed by atoms with E-state index in [0.717, 1.165) is 11.3 Å². The van der Waals surface area contributed by atoms with E-state index in [0.29, 0.717) is 32.1 Å². The lowest BCUT2D eigenvalue weighted by molar-refractivity contribution is -0.141. The van der Waals surface area contributed by atoms with Gasteiger partial charge in [0.1, 0.15) is 17.6 Å². The van der Waals surface area contributed by atoms with Gasteiger partial charge < -0.3 is 19.1 Å². The van der Waals surface area contributed by atoms with Crippen LogP contribution in [0.25, 0.3) is 0 Å². The number of amides is 1. The molecule has 0 spiro atoms. The monoisotopic (exact) mass is 355 g/mol. The molecular weight excluding hydrogens is 330 g/mol. The third-order valence-electron chi connectivity index (χ3n) is 4.37. The van der Waals surface area contributed by atoms with E-state index in [1.54, 1.807) is 0 Å². The van der Waals surface area contributed by atoms with Gasteiger partial charge in [0.2, 0.25) is 0 Å². The van der Waals surface area contributed by atoms with Gasteiger partial charge in [-0.2, -0.15) is 0 Å². The summed E-state index contributed by atoms with van der Waals surface area (Å²) in [6, 6.07) is 15.5. The summed E-state index contributed by atoms with van der Waals surface area (Å²) in [5.74, 6) is 1.42. The van der Waals surface area contributed by atoms with Crippen molar-refractivity contribution in [3.05, 3.63) is 59.7 Å². The van der Waals surface area contributed by atoms with Crippen LogP contribution >= 0.6 is 0 Å². The van der Waals surface area contributed by atoms with E-state index >= 15 is 0 Å². The fraction of sp³-hybridized carbons (Fsp3) is 0.381. The second-order valence-electron chi connectivity index (χ2n) is 6.30. The standard InChI is InChI=1S/C21H25NO4/c1-3-24-18-8-10-19(11-9-18)26-15-21(23)22-12-13-25-20(14-22)17-6-4-16(2)5-7-17/h4-11,20H,3,12-15H2,1-2H3. The summed E-state index contributed by atoms with van der Waals surface area (Å²) in [6.45, 7) is 6.32. The van der Waals surface area contributed by atoms with E-state index in [-0.39, 0.29) is 18.6 Å². The number of hydrogen-bond donors (Lipinski definition) is 0. The zero-order valence-electron chi connectivity index (χ0n) is 15.3. The molecule has 0 bridgehead atoms. The molecule has 0 aromatic heterocycles. The summed E-state index contributed by atoms with van der Waals surface area (Å²) in [4.78, 5) is 14.3. The quantitative estimate of drug-likeness (QED) is 0.797. The lowest BCUT2D eigenvalue weighted by Gasteiger charge is -2.33. The van der Waals surface area contributed by atoms with E-state index in [1.165, 1.54) is 5.56 Å². The van der Waals surface area contributed by atoms with E-state index in [2.05, 4.69) is 31.2 Å². The highest BCUT2D eigenvalue weighted by atomic mass is 16.5. The molecule has 1 amide bonds. The van der Waals surface area contributed by atoms with Crippen LogP contribution in [0, 0.1) is 6.92 Å². The molecule has 1 aliphatic heterocycles. The number of ether oxygens (including phenoxy) is 3. The van der Waals surface area contributed by atoms with E-state index < -0.39 is 0 Å². The fourth-order valence-corrected chi connectivity index (χ4v) is 2.89. The molecule has 2 aromatic carbocycles. The Morgan fingerprint density at radius 2 is 1.73 bits per heavy atom. The third-order valence-corrected chi connectivity index (χ3v) is 4.37. The minimum atomic E-state index is -0.0845. The SMILES string of the molecule is CCOc1ccc(OCC(=O)N2CCOC(c3ccc(C)cc3)C2)cc1. The number of nitrogens with zero attached hydrogens (tertiary/aromatic N) is 1. The molecule has 0 N–H and O–H groups in total. The maximum Gasteiger partial charge on any atom is 0.260 e. The summed E-state index contributed by atoms with van der Waals surface area (Å²) in [7, 11) is 0. The van der Waals surface area contributed by atoms with Gasteiger partial charge in [0.25, 0.3) is 5.91 Å². The number of rotatable bonds is 6. The molecule has 1 unspecified atom stereocenters. The zero-order valence-corrected chi connectivity index (χ0v) is 15.3. The van der Waals surface area contributed by atoms with E-state index in [1.807, 2.05) is 36.1 Å². The van der Waals surface area contributed by atoms with Gasteiger partial charge in [-0.3, -0.25) is 4.79 Å². The highest BCUT2D eigenvalue weighted by Crippen LogP contribution is 2.23. The second-order valence-corrected chi connectivity index (χ2v) is 6.30. The Hall–Kier alpha value is -2.53. The average Bonchev–Trinajstić information content (AvgIpc) is 2.68. The summed E-state index contributed by atoms with van der Waals surface area (Å²) in [6.07, 6.45) is -0.0845. The second kappa shape index (κ2) is 8.72. The molecule has 0 aliphatic carbocycles. The molecule has 26 heavy (non-hydrogen) atoms. The van der Waals surface area contributed by atoms with Crippen molar-refractivity contribution in [3.8, 4) is 11.5 Å². The zero-order chi connectivity index (χ0) is 18.4. The van der Waals surface area contributed by atoms with Gasteiger partial charge in [-0.1, -0.05) is 29.8 Å². The Morgan fingerprint density at radius 3 is 2.38 bits per heavy atom. The Labute approximate surface area is 154 Å². The van der Waals surface area contributed by atoms with Crippen molar-refractivity contribution in [1.82, 2.24) is 4.90 Å². The highest BCUT2D eigenvalue weighted by Gasteiger charge is 2.25. The smallest absolute Gasteiger partial charge is 0.260 e. The minimum absolute atomic E-state index is 0.0224. The van der Waals surface area contributed by atoms with Crippen molar-refractivity contribution < 1.29 is 19.0 Å². The summed E-state index contributed by atoms with van der Waals surface area (Å²) < 4.78 is 16.9. The number of benzene rings is 2. The number of hydrogen-bond acceptors (Lipinski definition) is 4. The Kier molecular flexibility index (Phi) is 6.12. The van der Waals surface area contributed by atoms with Gasteiger partial charge in [0.05, 0.1) is 19.8 Å². The molecule has 0 saturated carbocycles. The van der Waals surface area contributed by atoms with Crippen LogP contribution in [0.15, 0.2) is 48.5 Å². The van der Waals surface area contributed by atoms with Crippen LogP contribution in [0.3, 0.4) is 0 Å². The van der Waals surface area contributed by atoms with Crippen molar-refractivity contribution in [2.45, 2.75) is 20.0 Å². The van der Waals surface area contributed by atoms with Gasteiger partial charge >= 0.3 is 0 Å². The first-order valence-electron chi connectivity index (χ1n) is 8.97. The van der Waals surface area contributed by atoms with Crippen LogP contribution in [0.5, 0.6) is 11.5 Å². The lowest BCUT2D eigenvalue weighted by atomic mass is 10.1. The first kappa shape index (κ1) is 18.3. The Morgan fingerprint density at radius 1 is 1.08 bits per heavy atom. The van der Waals surface area contributed by atoms with Crippen LogP contribution in [0.2, 0.25) is 0 Å². The maximum atomic E-state index is 12.5. The summed E-state index contributed by atoms with van der Waals surface area (Å²) in [5.41, 5.74) is 2.31. The molecule has 1 saturated heterocycles. The molecule has 1 heterocycles. The maximum absolute atomic E-state index is 12.5. The molecule has 0 radical (unpaired) electrons. The number of aryl methyl sites for hydroxylation is 1. The lowest BCUT2D eigenvalue weighted by Crippen LogP contribution is -2.44. The van der Waals surface area contributed by atoms with Crippen molar-refractivity contribution in [1.29, 1.82) is 0 Å². The van der Waals surface area contributed by atoms with Crippen LogP contribution < -0.4 is 9.47 Å². The van der Waals surface area contributed by atoms with Crippen LogP contribution in [-0.4, -0.2) is 43.7 Å². The Bertz CT molecular complexity index is 712. The van der Waals surface area contributed by atoms with Crippen LogP contribution in [0.4, 0.5) is 0 Å². The molecule has 3 rings (SSSR count). The highest BCUT2D eigenvalue weighted by molar-refractivity contribution is 5.78. The normalized spacial score (nSPS) is 17.0. The van der Waals surface area contributed by atoms with Gasteiger partial charge in [-0.15, -0.1) is 0 Å². The molecule has 5 nitrogen and oxygen atoms in total. The van der Waals surface area contributed by atoms with Crippen LogP contribution in [-0.2, 0) is 9.53 Å². The van der Waals surface area contributed by atoms with E-state index in [9.17, 15) is 4.79 Å². The molecule has 5 heteroatoms. The van der Waals surface area contributed by atoms with E-state index in [4.69, 9.17) is 14.2 Å². The van der Waals surface area contributed by atoms with Gasteiger partial charge in [-0.05, 0) is 43.7 Å². The molecule has 1 atom stereocenters. The number of carbonyl (C=O) groups excluding carboxylic acids is 1. The molecule has 1 fully saturated rings. The minimum Gasteiger partial charge on any atom is -0.494 e. The topological polar surface area (TPSA) is 48.0 Å². The third kappa shape index (κ3) is 4.76. The number of morpholine rings is 1. The first-order valence-corrected chi connectivity index (χ1v) is 8.97. The van der Waals surface area contributed by atoms with Crippen molar-refractivity contribution in [2.75, 3.05) is 32.9 Å². The molecule has 2 aromatic rings. The predicted molar refractivity (Wildman–Crippen MR) is 99.6 cm³/mol.